The fourth-order valence-corrected chi connectivity index (χ4v) is 0. The van der Waals surface area contributed by atoms with E-state index in [9.17, 15) is 0 Å². The molecule has 19 valence electrons. The van der Waals surface area contributed by atoms with E-state index in [1.165, 1.54) is 0 Å². The summed E-state index contributed by atoms with van der Waals surface area (Å²) in [7, 11) is 9.90. The summed E-state index contributed by atoms with van der Waals surface area (Å²) >= 11 is -0.931. The van der Waals surface area contributed by atoms with Gasteiger partial charge in [0.15, 0.2) is 0 Å². The SMILES string of the molecule is [Cl][Zn][Cl].[Tl]. The Morgan fingerprint density at radius 2 is 1.25 bits per heavy atom. The van der Waals surface area contributed by atoms with E-state index >= 15 is 0 Å². The van der Waals surface area contributed by atoms with Crippen molar-refractivity contribution in [1.82, 2.24) is 0 Å². The standard InChI is InChI=1S/2ClH.Tl.Zn/h2*1H;;/q;;;+2/p-2. The Balaban J connectivity index is 0. The van der Waals surface area contributed by atoms with Gasteiger partial charge in [-0.3, -0.25) is 0 Å². The van der Waals surface area contributed by atoms with Crippen LogP contribution in [0.2, 0.25) is 0 Å². The normalized spacial score (nSPS) is 2.50. The van der Waals surface area contributed by atoms with Gasteiger partial charge in [0.2, 0.25) is 0 Å². The van der Waals surface area contributed by atoms with E-state index in [0.29, 0.717) is 0 Å². The van der Waals surface area contributed by atoms with Gasteiger partial charge in [-0.15, -0.1) is 0 Å². The molecule has 4 heteroatoms. The molecule has 0 aliphatic carbocycles. The van der Waals surface area contributed by atoms with E-state index in [2.05, 4.69) is 0 Å². The summed E-state index contributed by atoms with van der Waals surface area (Å²) in [5.41, 5.74) is 0. The van der Waals surface area contributed by atoms with Crippen LogP contribution in [0.1, 0.15) is 0 Å². The van der Waals surface area contributed by atoms with Crippen LogP contribution >= 0.6 is 19.4 Å². The molecule has 0 fully saturated rings. The Kier molecular flexibility index (Phi) is 21.1. The smallest absolute Gasteiger partial charge is 0 e. The van der Waals surface area contributed by atoms with Crippen molar-refractivity contribution in [2.75, 3.05) is 0 Å². The van der Waals surface area contributed by atoms with Gasteiger partial charge in [0.05, 0.1) is 0 Å². The van der Waals surface area contributed by atoms with Crippen LogP contribution in [-0.4, -0.2) is 27.3 Å². The predicted octanol–water partition coefficient (Wildman–Crippen LogP) is 0.996. The molecule has 0 rings (SSSR count). The molecule has 0 aromatic rings. The van der Waals surface area contributed by atoms with E-state index in [4.69, 9.17) is 19.4 Å². The van der Waals surface area contributed by atoms with Crippen LogP contribution in [-0.2, 0) is 15.1 Å². The first-order valence-corrected chi connectivity index (χ1v) is 8.33. The maximum absolute atomic E-state index is 4.95. The molecule has 4 heavy (non-hydrogen) atoms. The summed E-state index contributed by atoms with van der Waals surface area (Å²) in [6, 6.07) is 0. The average molecular weight is 341 g/mol. The van der Waals surface area contributed by atoms with Gasteiger partial charge in [-0.1, -0.05) is 0 Å². The minimum Gasteiger partial charge on any atom is 0 e. The first kappa shape index (κ1) is 9.45. The Labute approximate surface area is 61.1 Å². The largest absolute Gasteiger partial charge is 0 e. The van der Waals surface area contributed by atoms with E-state index in [0.717, 1.165) is 0 Å². The maximum Gasteiger partial charge on any atom is 0 e. The fourth-order valence-electron chi connectivity index (χ4n) is 0. The molecule has 0 amide bonds. The fraction of sp³-hybridized carbons (Fsp3) is 0. The molecule has 0 heterocycles. The zero-order valence-corrected chi connectivity index (χ0v) is 11.0. The second kappa shape index (κ2) is 8.93. The van der Waals surface area contributed by atoms with Crippen molar-refractivity contribution >= 4 is 46.7 Å². The summed E-state index contributed by atoms with van der Waals surface area (Å²) in [5, 5.41) is 0. The van der Waals surface area contributed by atoms with Crippen LogP contribution in [0.3, 0.4) is 0 Å². The van der Waals surface area contributed by atoms with Gasteiger partial charge in [0.1, 0.15) is 0 Å². The predicted molar refractivity (Wildman–Crippen MR) is 17.5 cm³/mol. The first-order chi connectivity index (χ1) is 1.41. The second-order valence-corrected chi connectivity index (χ2v) is 4.72. The number of halogens is 2. The molecule has 0 atom stereocenters. The first-order valence-electron chi connectivity index (χ1n) is 0.535. The molecule has 0 nitrogen and oxygen atoms in total. The number of hydrogen-bond acceptors (Lipinski definition) is 0. The monoisotopic (exact) mass is 339 g/mol. The molecular formula is Cl2TlZn. The molecular weight excluding hydrogens is 341 g/mol. The minimum absolute atomic E-state index is 0. The quantitative estimate of drug-likeness (QED) is 0.577. The topological polar surface area (TPSA) is 0 Å². The Morgan fingerprint density at radius 1 is 1.25 bits per heavy atom. The zero-order chi connectivity index (χ0) is 2.71. The van der Waals surface area contributed by atoms with Gasteiger partial charge in [0.25, 0.3) is 0 Å². The Hall–Kier alpha value is 2.13. The van der Waals surface area contributed by atoms with E-state index in [1.54, 1.807) is 0 Å². The van der Waals surface area contributed by atoms with Gasteiger partial charge in [0, 0.05) is 27.3 Å². The van der Waals surface area contributed by atoms with Gasteiger partial charge >= 0.3 is 34.5 Å². The third kappa shape index (κ3) is 8.92. The molecule has 0 aliphatic rings. The zero-order valence-electron chi connectivity index (χ0n) is 2.04. The molecule has 1 radical (unpaired) electrons. The van der Waals surface area contributed by atoms with Crippen LogP contribution in [0.5, 0.6) is 0 Å². The molecule has 0 N–H and O–H groups in total. The van der Waals surface area contributed by atoms with Crippen molar-refractivity contribution in [3.63, 3.8) is 0 Å². The van der Waals surface area contributed by atoms with Crippen LogP contribution in [0.15, 0.2) is 0 Å². The second-order valence-electron chi connectivity index (χ2n) is 0.101. The van der Waals surface area contributed by atoms with Crippen molar-refractivity contribution in [3.8, 4) is 0 Å². The van der Waals surface area contributed by atoms with Crippen LogP contribution in [0.25, 0.3) is 0 Å². The van der Waals surface area contributed by atoms with E-state index in [-0.39, 0.29) is 27.3 Å². The van der Waals surface area contributed by atoms with Crippen molar-refractivity contribution in [2.45, 2.75) is 0 Å². The molecule has 0 spiro atoms. The summed E-state index contributed by atoms with van der Waals surface area (Å²) < 4.78 is 0. The summed E-state index contributed by atoms with van der Waals surface area (Å²) in [6.07, 6.45) is 0. The molecule has 0 aromatic carbocycles. The van der Waals surface area contributed by atoms with Crippen LogP contribution < -0.4 is 0 Å². The van der Waals surface area contributed by atoms with Crippen molar-refractivity contribution in [3.05, 3.63) is 0 Å². The van der Waals surface area contributed by atoms with Gasteiger partial charge in [-0.25, -0.2) is 0 Å². The number of rotatable bonds is 0. The van der Waals surface area contributed by atoms with Gasteiger partial charge in [-0.2, -0.15) is 0 Å². The molecule has 0 saturated carbocycles. The molecule has 0 saturated heterocycles. The summed E-state index contributed by atoms with van der Waals surface area (Å²) in [6.45, 7) is 0. The molecule has 0 aliphatic heterocycles. The third-order valence-electron chi connectivity index (χ3n) is 0. The van der Waals surface area contributed by atoms with E-state index < -0.39 is 15.1 Å². The Bertz CT molecular complexity index is 6.00. The summed E-state index contributed by atoms with van der Waals surface area (Å²) in [5.74, 6) is 0. The van der Waals surface area contributed by atoms with E-state index in [1.807, 2.05) is 0 Å². The third-order valence-corrected chi connectivity index (χ3v) is 0. The van der Waals surface area contributed by atoms with Crippen molar-refractivity contribution < 1.29 is 15.1 Å². The summed E-state index contributed by atoms with van der Waals surface area (Å²) in [4.78, 5) is 0. The molecule has 0 unspecified atom stereocenters. The van der Waals surface area contributed by atoms with Crippen molar-refractivity contribution in [1.29, 1.82) is 0 Å². The number of hydrogen-bond donors (Lipinski definition) is 0. The molecule has 0 bridgehead atoms. The van der Waals surface area contributed by atoms with Crippen LogP contribution in [0.4, 0.5) is 0 Å². The van der Waals surface area contributed by atoms with Gasteiger partial charge < -0.3 is 0 Å². The maximum atomic E-state index is 4.95. The van der Waals surface area contributed by atoms with Gasteiger partial charge in [-0.05, 0) is 0 Å². The van der Waals surface area contributed by atoms with Crippen molar-refractivity contribution in [2.24, 2.45) is 0 Å². The Morgan fingerprint density at radius 3 is 1.25 bits per heavy atom. The average Bonchev–Trinajstić information content (AvgIpc) is 0.918. The van der Waals surface area contributed by atoms with Crippen LogP contribution in [0, 0.1) is 0 Å². The molecule has 0 aromatic heterocycles. The minimum atomic E-state index is -0.931.